The van der Waals surface area contributed by atoms with Crippen molar-refractivity contribution in [3.63, 3.8) is 0 Å². The average Bonchev–Trinajstić information content (AvgIpc) is 2.27. The van der Waals surface area contributed by atoms with Gasteiger partial charge >= 0.3 is 0 Å². The van der Waals surface area contributed by atoms with E-state index in [1.54, 1.807) is 12.1 Å². The number of carbonyl (C=O) groups is 1. The van der Waals surface area contributed by atoms with Crippen molar-refractivity contribution in [2.24, 2.45) is 11.5 Å². The van der Waals surface area contributed by atoms with Gasteiger partial charge in [-0.1, -0.05) is 6.07 Å². The van der Waals surface area contributed by atoms with Crippen molar-refractivity contribution in [1.29, 1.82) is 5.26 Å². The summed E-state index contributed by atoms with van der Waals surface area (Å²) in [5.41, 5.74) is 12.8. The molecular formula is C11H14N4O. The number of nitriles is 1. The van der Waals surface area contributed by atoms with E-state index in [1.165, 1.54) is 0 Å². The van der Waals surface area contributed by atoms with Crippen LogP contribution in [0.5, 0.6) is 0 Å². The second-order valence-electron chi connectivity index (χ2n) is 3.53. The number of rotatable bonds is 4. The summed E-state index contributed by atoms with van der Waals surface area (Å²) in [6.45, 7) is 2.16. The number of nitrogens with one attached hydrogen (secondary N) is 1. The predicted molar refractivity (Wildman–Crippen MR) is 61.6 cm³/mol. The molecule has 1 unspecified atom stereocenters. The Hall–Kier alpha value is -2.06. The third kappa shape index (κ3) is 2.97. The first-order valence-corrected chi connectivity index (χ1v) is 4.84. The molecule has 1 rings (SSSR count). The number of primary amides is 1. The number of anilines is 1. The van der Waals surface area contributed by atoms with Crippen molar-refractivity contribution in [1.82, 2.24) is 0 Å². The second kappa shape index (κ2) is 5.14. The van der Waals surface area contributed by atoms with Crippen molar-refractivity contribution >= 4 is 11.6 Å². The molecule has 0 aliphatic carbocycles. The van der Waals surface area contributed by atoms with Crippen LogP contribution in [0.3, 0.4) is 0 Å². The lowest BCUT2D eigenvalue weighted by Crippen LogP contribution is -2.41. The molecule has 5 N–H and O–H groups in total. The van der Waals surface area contributed by atoms with Crippen LogP contribution in [0.2, 0.25) is 0 Å². The summed E-state index contributed by atoms with van der Waals surface area (Å²) in [5.74, 6) is -0.554. The van der Waals surface area contributed by atoms with Gasteiger partial charge in [0.1, 0.15) is 6.04 Å². The maximum atomic E-state index is 10.7. The van der Waals surface area contributed by atoms with Crippen LogP contribution in [0.4, 0.5) is 5.69 Å². The Morgan fingerprint density at radius 3 is 2.88 bits per heavy atom. The van der Waals surface area contributed by atoms with Crippen LogP contribution >= 0.6 is 0 Å². The number of hydrogen-bond donors (Lipinski definition) is 3. The highest BCUT2D eigenvalue weighted by molar-refractivity contribution is 5.80. The van der Waals surface area contributed by atoms with Gasteiger partial charge in [0.25, 0.3) is 0 Å². The maximum Gasteiger partial charge on any atom is 0.236 e. The molecule has 0 fully saturated rings. The Labute approximate surface area is 94.0 Å². The highest BCUT2D eigenvalue weighted by atomic mass is 16.1. The molecule has 0 bridgehead atoms. The molecule has 1 amide bonds. The van der Waals surface area contributed by atoms with Crippen LogP contribution in [0.25, 0.3) is 0 Å². The van der Waals surface area contributed by atoms with Crippen molar-refractivity contribution < 1.29 is 4.79 Å². The van der Waals surface area contributed by atoms with Gasteiger partial charge in [0.15, 0.2) is 0 Å². The first-order chi connectivity index (χ1) is 7.54. The van der Waals surface area contributed by atoms with Gasteiger partial charge in [-0.3, -0.25) is 4.79 Å². The van der Waals surface area contributed by atoms with Crippen LogP contribution in [-0.4, -0.2) is 18.5 Å². The van der Waals surface area contributed by atoms with Gasteiger partial charge in [-0.05, 0) is 24.6 Å². The van der Waals surface area contributed by atoms with Gasteiger partial charge in [0, 0.05) is 12.2 Å². The standard InChI is InChI=1S/C11H14N4O/c1-7-2-3-8(5-12)4-10(7)15-6-9(13)11(14)16/h2-4,9,15H,6,13H2,1H3,(H2,14,16). The van der Waals surface area contributed by atoms with Crippen molar-refractivity contribution in [3.05, 3.63) is 29.3 Å². The Balaban J connectivity index is 2.74. The third-order valence-corrected chi connectivity index (χ3v) is 2.24. The normalized spacial score (nSPS) is 11.6. The Kier molecular flexibility index (Phi) is 3.86. The first-order valence-electron chi connectivity index (χ1n) is 4.84. The lowest BCUT2D eigenvalue weighted by Gasteiger charge is -2.12. The van der Waals surface area contributed by atoms with E-state index in [2.05, 4.69) is 5.32 Å². The molecule has 0 spiro atoms. The minimum atomic E-state index is -0.731. The first kappa shape index (κ1) is 12.0. The average molecular weight is 218 g/mol. The second-order valence-corrected chi connectivity index (χ2v) is 3.53. The quantitative estimate of drug-likeness (QED) is 0.666. The molecule has 1 aromatic rings. The Bertz CT molecular complexity index is 436. The van der Waals surface area contributed by atoms with Gasteiger partial charge in [0.2, 0.25) is 5.91 Å². The van der Waals surface area contributed by atoms with Gasteiger partial charge in [-0.25, -0.2) is 0 Å². The summed E-state index contributed by atoms with van der Waals surface area (Å²) in [5, 5.41) is 11.7. The van der Waals surface area contributed by atoms with E-state index in [9.17, 15) is 4.79 Å². The predicted octanol–water partition coefficient (Wildman–Crippen LogP) is 0.0912. The van der Waals surface area contributed by atoms with Gasteiger partial charge < -0.3 is 16.8 Å². The highest BCUT2D eigenvalue weighted by Crippen LogP contribution is 2.16. The number of benzene rings is 1. The Morgan fingerprint density at radius 1 is 1.62 bits per heavy atom. The summed E-state index contributed by atoms with van der Waals surface area (Å²) in [6, 6.07) is 6.58. The molecule has 5 nitrogen and oxygen atoms in total. The van der Waals surface area contributed by atoms with Gasteiger partial charge in [0.05, 0.1) is 11.6 Å². The van der Waals surface area contributed by atoms with Crippen molar-refractivity contribution in [2.45, 2.75) is 13.0 Å². The molecule has 0 aromatic heterocycles. The minimum absolute atomic E-state index is 0.255. The van der Waals surface area contributed by atoms with E-state index < -0.39 is 11.9 Å². The van der Waals surface area contributed by atoms with E-state index in [1.807, 2.05) is 19.1 Å². The van der Waals surface area contributed by atoms with Crippen molar-refractivity contribution in [2.75, 3.05) is 11.9 Å². The summed E-state index contributed by atoms with van der Waals surface area (Å²) in [6.07, 6.45) is 0. The lowest BCUT2D eigenvalue weighted by atomic mass is 10.1. The van der Waals surface area contributed by atoms with Crippen LogP contribution in [0.15, 0.2) is 18.2 Å². The minimum Gasteiger partial charge on any atom is -0.383 e. The van der Waals surface area contributed by atoms with E-state index in [4.69, 9.17) is 16.7 Å². The third-order valence-electron chi connectivity index (χ3n) is 2.24. The summed E-state index contributed by atoms with van der Waals surface area (Å²) < 4.78 is 0. The zero-order valence-electron chi connectivity index (χ0n) is 9.03. The molecule has 84 valence electrons. The van der Waals surface area contributed by atoms with Crippen LogP contribution in [0, 0.1) is 18.3 Å². The molecule has 0 saturated heterocycles. The summed E-state index contributed by atoms with van der Waals surface area (Å²) in [7, 11) is 0. The van der Waals surface area contributed by atoms with E-state index >= 15 is 0 Å². The fraction of sp³-hybridized carbons (Fsp3) is 0.273. The van der Waals surface area contributed by atoms with Crippen LogP contribution < -0.4 is 16.8 Å². The molecule has 16 heavy (non-hydrogen) atoms. The number of nitrogens with two attached hydrogens (primary N) is 2. The molecule has 0 aliphatic rings. The summed E-state index contributed by atoms with van der Waals surface area (Å²) >= 11 is 0. The lowest BCUT2D eigenvalue weighted by molar-refractivity contribution is -0.118. The molecule has 0 aliphatic heterocycles. The SMILES string of the molecule is Cc1ccc(C#N)cc1NCC(N)C(N)=O. The molecule has 0 saturated carbocycles. The largest absolute Gasteiger partial charge is 0.383 e. The topological polar surface area (TPSA) is 105 Å². The van der Waals surface area contributed by atoms with Gasteiger partial charge in [-0.15, -0.1) is 0 Å². The van der Waals surface area contributed by atoms with Crippen LogP contribution in [0.1, 0.15) is 11.1 Å². The monoisotopic (exact) mass is 218 g/mol. The Morgan fingerprint density at radius 2 is 2.31 bits per heavy atom. The van der Waals surface area contributed by atoms with Gasteiger partial charge in [-0.2, -0.15) is 5.26 Å². The number of amides is 1. The molecule has 0 heterocycles. The molecular weight excluding hydrogens is 204 g/mol. The maximum absolute atomic E-state index is 10.7. The van der Waals surface area contributed by atoms with Crippen molar-refractivity contribution in [3.8, 4) is 6.07 Å². The molecule has 5 heteroatoms. The highest BCUT2D eigenvalue weighted by Gasteiger charge is 2.09. The fourth-order valence-corrected chi connectivity index (χ4v) is 1.20. The fourth-order valence-electron chi connectivity index (χ4n) is 1.20. The molecule has 0 radical (unpaired) electrons. The zero-order chi connectivity index (χ0) is 12.1. The molecule has 1 atom stereocenters. The number of aryl methyl sites for hydroxylation is 1. The summed E-state index contributed by atoms with van der Waals surface area (Å²) in [4.78, 5) is 10.7. The van der Waals surface area contributed by atoms with E-state index in [-0.39, 0.29) is 6.54 Å². The number of carbonyl (C=O) groups excluding carboxylic acids is 1. The number of nitrogens with zero attached hydrogens (tertiary/aromatic N) is 1. The molecule has 1 aromatic carbocycles. The van der Waals surface area contributed by atoms with E-state index in [0.717, 1.165) is 11.3 Å². The smallest absolute Gasteiger partial charge is 0.236 e. The zero-order valence-corrected chi connectivity index (χ0v) is 9.03. The number of hydrogen-bond acceptors (Lipinski definition) is 4. The van der Waals surface area contributed by atoms with E-state index in [0.29, 0.717) is 5.56 Å². The van der Waals surface area contributed by atoms with Crippen LogP contribution in [-0.2, 0) is 4.79 Å².